The Hall–Kier alpha value is 0.680. The third kappa shape index (κ3) is 1.45. The Kier molecular flexibility index (Phi) is 3.50. The van der Waals surface area contributed by atoms with Crippen LogP contribution in [0.1, 0.15) is 13.8 Å². The van der Waals surface area contributed by atoms with Crippen LogP contribution in [-0.2, 0) is 19.1 Å². The second-order valence-electron chi connectivity index (χ2n) is 8.06. The highest BCUT2D eigenvalue weighted by Gasteiger charge is 3.03. The Bertz CT molecular complexity index is 731. The largest absolute Gasteiger partial charge is 0.458 e. The number of rotatable bonds is 2. The minimum atomic E-state index is -1.57. The van der Waals surface area contributed by atoms with Crippen LogP contribution in [0.3, 0.4) is 0 Å². The second-order valence-corrected chi connectivity index (χ2v) is 11.7. The molecule has 4 nitrogen and oxygen atoms in total. The minimum absolute atomic E-state index is 0.265. The monoisotopic (exact) mass is 480 g/mol. The van der Waals surface area contributed by atoms with Gasteiger partial charge in [-0.3, -0.25) is 9.59 Å². The molecule has 0 aromatic heterocycles. The van der Waals surface area contributed by atoms with Gasteiger partial charge in [-0.2, -0.15) is 0 Å². The second kappa shape index (κ2) is 4.87. The van der Waals surface area contributed by atoms with Gasteiger partial charge in [-0.25, -0.2) is 0 Å². The molecule has 26 heavy (non-hydrogen) atoms. The number of carbonyl (C=O) groups excluding carboxylic acids is 2. The van der Waals surface area contributed by atoms with E-state index < -0.39 is 48.5 Å². The number of esters is 2. The number of fused-ring (bicyclic) bond motifs is 3. The van der Waals surface area contributed by atoms with E-state index in [2.05, 4.69) is 0 Å². The Morgan fingerprint density at radius 2 is 1.23 bits per heavy atom. The molecule has 1 unspecified atom stereocenters. The van der Waals surface area contributed by atoms with Gasteiger partial charge in [0.2, 0.25) is 0 Å². The molecule has 0 heterocycles. The molecule has 5 rings (SSSR count). The molecular weight excluding hydrogens is 469 g/mol. The Labute approximate surface area is 180 Å². The number of hydrogen-bond acceptors (Lipinski definition) is 4. The van der Waals surface area contributed by atoms with Crippen molar-refractivity contribution in [2.45, 2.75) is 50.4 Å². The van der Waals surface area contributed by atoms with Crippen LogP contribution in [0.25, 0.3) is 0 Å². The summed E-state index contributed by atoms with van der Waals surface area (Å²) in [6.45, 7) is 2.61. The summed E-state index contributed by atoms with van der Waals surface area (Å²) in [4.78, 5) is 19.7. The SMILES string of the molecule is CC(=O)O[C@@H]1[C@H](OC(C)=O)[C@@H]2C3[C@H]1[C@@H]1[C@H]2[C@]2(Cl)[C@H](Cl)[C@@]3(Cl)[C@@]1(Cl)C2(Cl)Cl. The van der Waals surface area contributed by atoms with Crippen LogP contribution < -0.4 is 0 Å². The summed E-state index contributed by atoms with van der Waals surface area (Å²) in [5.74, 6) is -2.32. The summed E-state index contributed by atoms with van der Waals surface area (Å²) < 4.78 is 9.53. The van der Waals surface area contributed by atoms with E-state index in [-0.39, 0.29) is 29.6 Å². The van der Waals surface area contributed by atoms with Crippen molar-refractivity contribution < 1.29 is 19.1 Å². The van der Waals surface area contributed by atoms with Crippen molar-refractivity contribution in [3.8, 4) is 0 Å². The zero-order chi connectivity index (χ0) is 19.2. The number of alkyl halides is 6. The van der Waals surface area contributed by atoms with Crippen LogP contribution in [0.15, 0.2) is 0 Å². The third-order valence-electron chi connectivity index (χ3n) is 7.40. The van der Waals surface area contributed by atoms with Crippen LogP contribution in [0.5, 0.6) is 0 Å². The molecule has 0 N–H and O–H groups in total. The van der Waals surface area contributed by atoms with Gasteiger partial charge in [-0.05, 0) is 17.8 Å². The Morgan fingerprint density at radius 1 is 0.769 bits per heavy atom. The first-order valence-corrected chi connectivity index (χ1v) is 10.6. The normalized spacial score (nSPS) is 62.2. The first-order chi connectivity index (χ1) is 11.9. The van der Waals surface area contributed by atoms with Gasteiger partial charge in [0.25, 0.3) is 0 Å². The van der Waals surface area contributed by atoms with E-state index in [1.807, 2.05) is 0 Å². The average molecular weight is 483 g/mol. The summed E-state index contributed by atoms with van der Waals surface area (Å²) in [5, 5.41) is -0.771. The molecule has 0 radical (unpaired) electrons. The predicted octanol–water partition coefficient (Wildman–Crippen LogP) is 3.71. The van der Waals surface area contributed by atoms with Crippen LogP contribution in [0.4, 0.5) is 0 Å². The maximum absolute atomic E-state index is 11.7. The van der Waals surface area contributed by atoms with Crippen LogP contribution in [-0.4, -0.2) is 48.5 Å². The van der Waals surface area contributed by atoms with Gasteiger partial charge in [-0.15, -0.1) is 46.4 Å². The average Bonchev–Trinajstić information content (AvgIpc) is 3.11. The zero-order valence-corrected chi connectivity index (χ0v) is 18.1. The van der Waals surface area contributed by atoms with Gasteiger partial charge >= 0.3 is 11.9 Å². The molecule has 0 spiro atoms. The van der Waals surface area contributed by atoms with Crippen molar-refractivity contribution in [3.63, 3.8) is 0 Å². The molecule has 0 aromatic rings. The molecule has 0 aliphatic heterocycles. The Balaban J connectivity index is 1.71. The summed E-state index contributed by atoms with van der Waals surface area (Å²) in [6.07, 6.45) is -1.34. The maximum Gasteiger partial charge on any atom is 0.303 e. The molecule has 10 heteroatoms. The van der Waals surface area contributed by atoms with Crippen molar-refractivity contribution in [3.05, 3.63) is 0 Å². The zero-order valence-electron chi connectivity index (χ0n) is 13.5. The van der Waals surface area contributed by atoms with Gasteiger partial charge in [-0.1, -0.05) is 23.2 Å². The number of ether oxygens (including phenoxy) is 2. The number of carbonyl (C=O) groups is 2. The predicted molar refractivity (Wildman–Crippen MR) is 98.4 cm³/mol. The molecule has 0 aromatic carbocycles. The summed E-state index contributed by atoms with van der Waals surface area (Å²) in [5.41, 5.74) is 0. The van der Waals surface area contributed by atoms with Crippen molar-refractivity contribution in [1.29, 1.82) is 0 Å². The summed E-state index contributed by atoms with van der Waals surface area (Å²) >= 11 is 41.3. The molecule has 5 fully saturated rings. The first-order valence-electron chi connectivity index (χ1n) is 8.31. The molecule has 144 valence electrons. The van der Waals surface area contributed by atoms with Gasteiger partial charge < -0.3 is 9.47 Å². The quantitative estimate of drug-likeness (QED) is 0.445. The molecule has 11 atom stereocenters. The number of halogens is 6. The van der Waals surface area contributed by atoms with E-state index in [4.69, 9.17) is 79.1 Å². The molecule has 5 aliphatic carbocycles. The highest BCUT2D eigenvalue weighted by molar-refractivity contribution is 6.63. The van der Waals surface area contributed by atoms with Crippen molar-refractivity contribution in [2.75, 3.05) is 0 Å². The minimum Gasteiger partial charge on any atom is -0.458 e. The van der Waals surface area contributed by atoms with Gasteiger partial charge in [0.15, 0.2) is 4.33 Å². The Morgan fingerprint density at radius 3 is 1.69 bits per heavy atom. The molecule has 6 bridgehead atoms. The standard InChI is InChI=1S/C16H14Cl6O4/c1-3(23)25-10-5-7-6(11(10)26-4(2)24)9-8(5)14(19)12(17)13(7,18)15(9,20)16(14,21)22/h5-12H,1-2H3/t5-,6+,7?,8+,9-,10-,11+,12-,13-,14+,15-/m1/s1. The van der Waals surface area contributed by atoms with E-state index in [0.717, 1.165) is 0 Å². The maximum atomic E-state index is 11.7. The smallest absolute Gasteiger partial charge is 0.303 e. The lowest BCUT2D eigenvalue weighted by Crippen LogP contribution is -2.66. The molecule has 0 saturated heterocycles. The molecule has 5 saturated carbocycles. The van der Waals surface area contributed by atoms with E-state index in [0.29, 0.717) is 0 Å². The van der Waals surface area contributed by atoms with E-state index in [9.17, 15) is 9.59 Å². The fourth-order valence-electron chi connectivity index (χ4n) is 7.15. The number of hydrogen-bond donors (Lipinski definition) is 0. The highest BCUT2D eigenvalue weighted by atomic mass is 35.5. The van der Waals surface area contributed by atoms with Gasteiger partial charge in [0, 0.05) is 25.7 Å². The third-order valence-corrected chi connectivity index (χ3v) is 12.4. The van der Waals surface area contributed by atoms with E-state index in [1.165, 1.54) is 13.8 Å². The van der Waals surface area contributed by atoms with Crippen LogP contribution in [0.2, 0.25) is 0 Å². The van der Waals surface area contributed by atoms with Crippen molar-refractivity contribution in [2.24, 2.45) is 29.6 Å². The highest BCUT2D eigenvalue weighted by Crippen LogP contribution is 2.93. The fraction of sp³-hybridized carbons (Fsp3) is 0.875. The summed E-state index contributed by atoms with van der Waals surface area (Å²) in [6, 6.07) is 0. The molecular formula is C16H14Cl6O4. The summed E-state index contributed by atoms with van der Waals surface area (Å²) in [7, 11) is 0. The topological polar surface area (TPSA) is 52.6 Å². The van der Waals surface area contributed by atoms with Crippen molar-refractivity contribution >= 4 is 81.5 Å². The van der Waals surface area contributed by atoms with E-state index in [1.54, 1.807) is 0 Å². The van der Waals surface area contributed by atoms with Gasteiger partial charge in [0.05, 0.1) is 10.3 Å². The lowest BCUT2D eigenvalue weighted by Gasteiger charge is -2.55. The lowest BCUT2D eigenvalue weighted by atomic mass is 9.61. The first kappa shape index (κ1) is 18.7. The fourth-order valence-corrected chi connectivity index (χ4v) is 11.2. The van der Waals surface area contributed by atoms with Crippen LogP contribution >= 0.6 is 69.6 Å². The molecule has 5 aliphatic rings. The van der Waals surface area contributed by atoms with Crippen LogP contribution in [0, 0.1) is 29.6 Å². The van der Waals surface area contributed by atoms with Gasteiger partial charge in [0.1, 0.15) is 22.0 Å². The molecule has 0 amide bonds. The van der Waals surface area contributed by atoms with E-state index >= 15 is 0 Å². The van der Waals surface area contributed by atoms with Crippen molar-refractivity contribution in [1.82, 2.24) is 0 Å². The lowest BCUT2D eigenvalue weighted by molar-refractivity contribution is -0.176.